The summed E-state index contributed by atoms with van der Waals surface area (Å²) in [4.78, 5) is 4.59. The van der Waals surface area contributed by atoms with Crippen molar-refractivity contribution in [1.82, 2.24) is 4.98 Å². The van der Waals surface area contributed by atoms with Crippen molar-refractivity contribution in [3.8, 4) is 0 Å². The van der Waals surface area contributed by atoms with Gasteiger partial charge in [-0.1, -0.05) is 54.9 Å². The van der Waals surface area contributed by atoms with Gasteiger partial charge in [0.05, 0.1) is 17.3 Å². The van der Waals surface area contributed by atoms with Gasteiger partial charge in [0.25, 0.3) is 0 Å². The van der Waals surface area contributed by atoms with Crippen LogP contribution < -0.4 is 0 Å². The number of aromatic nitrogens is 1. The summed E-state index contributed by atoms with van der Waals surface area (Å²) in [5.74, 6) is 0. The van der Waals surface area contributed by atoms with Crippen LogP contribution in [0.5, 0.6) is 0 Å². The molecule has 3 rings (SSSR count). The van der Waals surface area contributed by atoms with Gasteiger partial charge in [-0.3, -0.25) is 0 Å². The van der Waals surface area contributed by atoms with Crippen LogP contribution in [-0.4, -0.2) is 10.1 Å². The molecule has 1 unspecified atom stereocenters. The number of aliphatic hydroxyl groups is 1. The molecule has 23 heavy (non-hydrogen) atoms. The highest BCUT2D eigenvalue weighted by molar-refractivity contribution is 6.31. The predicted octanol–water partition coefficient (Wildman–Crippen LogP) is 5.32. The molecule has 2 aromatic carbocycles. The van der Waals surface area contributed by atoms with Crippen molar-refractivity contribution < 1.29 is 5.11 Å². The van der Waals surface area contributed by atoms with Gasteiger partial charge in [0, 0.05) is 10.4 Å². The highest BCUT2D eigenvalue weighted by atomic mass is 35.5. The van der Waals surface area contributed by atoms with Gasteiger partial charge in [-0.05, 0) is 47.9 Å². The van der Waals surface area contributed by atoms with Crippen LogP contribution in [0, 0.1) is 6.92 Å². The number of halogens is 1. The van der Waals surface area contributed by atoms with Crippen LogP contribution in [0.2, 0.25) is 5.02 Å². The van der Waals surface area contributed by atoms with E-state index in [1.807, 2.05) is 66.7 Å². The maximum Gasteiger partial charge on any atom is 0.0790 e. The van der Waals surface area contributed by atoms with Crippen molar-refractivity contribution in [3.05, 3.63) is 83.4 Å². The number of pyridine rings is 1. The molecule has 1 aromatic heterocycles. The van der Waals surface area contributed by atoms with E-state index in [-0.39, 0.29) is 0 Å². The number of aliphatic hydroxyl groups excluding tert-OH is 1. The first-order valence-electron chi connectivity index (χ1n) is 7.47. The lowest BCUT2D eigenvalue weighted by atomic mass is 10.0. The molecule has 0 fully saturated rings. The first-order chi connectivity index (χ1) is 11.2. The van der Waals surface area contributed by atoms with E-state index in [9.17, 15) is 5.11 Å². The average molecular weight is 323 g/mol. The van der Waals surface area contributed by atoms with E-state index >= 15 is 0 Å². The summed E-state index contributed by atoms with van der Waals surface area (Å²) in [5.41, 5.74) is 3.63. The van der Waals surface area contributed by atoms with Gasteiger partial charge >= 0.3 is 0 Å². The molecule has 0 aliphatic heterocycles. The Balaban J connectivity index is 1.87. The zero-order valence-corrected chi connectivity index (χ0v) is 13.4. The van der Waals surface area contributed by atoms with Crippen LogP contribution in [0.4, 0.5) is 0 Å². The molecule has 1 heterocycles. The molecule has 1 N–H and O–H groups in total. The van der Waals surface area contributed by atoms with Crippen molar-refractivity contribution in [2.45, 2.75) is 12.5 Å². The molecule has 0 amide bonds. The van der Waals surface area contributed by atoms with Crippen LogP contribution >= 0.6 is 11.6 Å². The second-order valence-electron chi connectivity index (χ2n) is 5.38. The Labute approximate surface area is 141 Å². The Morgan fingerprint density at radius 3 is 2.74 bits per heavy atom. The first kappa shape index (κ1) is 15.7. The standard InChI is InChI=1S/C20H17ClNO/c1-2-20(23)16-5-3-4-14(12-16)6-10-18-11-8-15-7-9-17(21)13-19(15)22-18/h3-13,20,23H,1-2H2. The fourth-order valence-electron chi connectivity index (χ4n) is 2.42. The summed E-state index contributed by atoms with van der Waals surface area (Å²) in [6, 6.07) is 17.5. The number of benzene rings is 2. The Morgan fingerprint density at radius 2 is 1.91 bits per heavy atom. The topological polar surface area (TPSA) is 33.1 Å². The molecule has 0 saturated heterocycles. The number of nitrogens with zero attached hydrogens (tertiary/aromatic N) is 1. The van der Waals surface area contributed by atoms with E-state index in [2.05, 4.69) is 11.9 Å². The van der Waals surface area contributed by atoms with Crippen LogP contribution in [0.25, 0.3) is 23.1 Å². The lowest BCUT2D eigenvalue weighted by Gasteiger charge is -2.08. The fourth-order valence-corrected chi connectivity index (χ4v) is 2.58. The molecule has 1 radical (unpaired) electrons. The van der Waals surface area contributed by atoms with Gasteiger partial charge in [-0.15, -0.1) is 0 Å². The van der Waals surface area contributed by atoms with Crippen LogP contribution in [0.15, 0.2) is 54.6 Å². The van der Waals surface area contributed by atoms with Crippen molar-refractivity contribution in [3.63, 3.8) is 0 Å². The molecule has 0 aliphatic rings. The van der Waals surface area contributed by atoms with Gasteiger partial charge in [0.1, 0.15) is 0 Å². The molecule has 0 spiro atoms. The summed E-state index contributed by atoms with van der Waals surface area (Å²) in [7, 11) is 0. The van der Waals surface area contributed by atoms with E-state index in [1.165, 1.54) is 0 Å². The van der Waals surface area contributed by atoms with Gasteiger partial charge in [-0.2, -0.15) is 0 Å². The minimum absolute atomic E-state index is 0.458. The van der Waals surface area contributed by atoms with E-state index < -0.39 is 6.10 Å². The molecular formula is C20H17ClNO. The third-order valence-electron chi connectivity index (χ3n) is 3.69. The van der Waals surface area contributed by atoms with E-state index in [1.54, 1.807) is 0 Å². The monoisotopic (exact) mass is 322 g/mol. The summed E-state index contributed by atoms with van der Waals surface area (Å²) >= 11 is 6.02. The molecule has 0 aliphatic carbocycles. The van der Waals surface area contributed by atoms with Crippen LogP contribution in [0.1, 0.15) is 29.3 Å². The summed E-state index contributed by atoms with van der Waals surface area (Å²) in [6.07, 6.45) is 3.87. The highest BCUT2D eigenvalue weighted by Gasteiger charge is 2.04. The van der Waals surface area contributed by atoms with Crippen molar-refractivity contribution in [2.24, 2.45) is 0 Å². The Kier molecular flexibility index (Phi) is 4.75. The molecule has 115 valence electrons. The second kappa shape index (κ2) is 6.95. The Hall–Kier alpha value is -2.16. The quantitative estimate of drug-likeness (QED) is 0.705. The SMILES string of the molecule is [CH2]CC(O)c1cccc(C=Cc2ccc3ccc(Cl)cc3n2)c1. The van der Waals surface area contributed by atoms with Gasteiger partial charge in [-0.25, -0.2) is 4.98 Å². The lowest BCUT2D eigenvalue weighted by Crippen LogP contribution is -1.94. The number of hydrogen-bond acceptors (Lipinski definition) is 2. The Morgan fingerprint density at radius 1 is 1.09 bits per heavy atom. The molecule has 3 aromatic rings. The maximum absolute atomic E-state index is 9.87. The minimum Gasteiger partial charge on any atom is -0.388 e. The molecule has 0 saturated carbocycles. The van der Waals surface area contributed by atoms with Gasteiger partial charge < -0.3 is 5.11 Å². The number of rotatable bonds is 4. The third-order valence-corrected chi connectivity index (χ3v) is 3.93. The largest absolute Gasteiger partial charge is 0.388 e. The van der Waals surface area contributed by atoms with E-state index in [0.717, 1.165) is 27.7 Å². The van der Waals surface area contributed by atoms with Crippen molar-refractivity contribution in [2.75, 3.05) is 0 Å². The fraction of sp³-hybridized carbons (Fsp3) is 0.100. The molecule has 2 nitrogen and oxygen atoms in total. The van der Waals surface area contributed by atoms with Gasteiger partial charge in [0.2, 0.25) is 0 Å². The molecular weight excluding hydrogens is 306 g/mol. The van der Waals surface area contributed by atoms with Gasteiger partial charge in [0.15, 0.2) is 0 Å². The number of fused-ring (bicyclic) bond motifs is 1. The number of hydrogen-bond donors (Lipinski definition) is 1. The van der Waals surface area contributed by atoms with Crippen LogP contribution in [-0.2, 0) is 0 Å². The zero-order chi connectivity index (χ0) is 16.2. The van der Waals surface area contributed by atoms with Crippen molar-refractivity contribution >= 4 is 34.7 Å². The third kappa shape index (κ3) is 3.79. The average Bonchev–Trinajstić information content (AvgIpc) is 2.59. The van der Waals surface area contributed by atoms with Crippen LogP contribution in [0.3, 0.4) is 0 Å². The van der Waals surface area contributed by atoms with Crippen molar-refractivity contribution in [1.29, 1.82) is 0 Å². The predicted molar refractivity (Wildman–Crippen MR) is 97.1 cm³/mol. The zero-order valence-electron chi connectivity index (χ0n) is 12.6. The van der Waals surface area contributed by atoms with E-state index in [4.69, 9.17) is 11.6 Å². The molecule has 3 heteroatoms. The molecule has 0 bridgehead atoms. The van der Waals surface area contributed by atoms with E-state index in [0.29, 0.717) is 11.4 Å². The summed E-state index contributed by atoms with van der Waals surface area (Å²) in [6.45, 7) is 3.73. The second-order valence-corrected chi connectivity index (χ2v) is 5.82. The summed E-state index contributed by atoms with van der Waals surface area (Å²) in [5, 5.41) is 11.6. The Bertz CT molecular complexity index is 857. The first-order valence-corrected chi connectivity index (χ1v) is 7.85. The molecule has 1 atom stereocenters. The normalized spacial score (nSPS) is 12.8. The smallest absolute Gasteiger partial charge is 0.0790 e. The maximum atomic E-state index is 9.87. The minimum atomic E-state index is -0.524. The highest BCUT2D eigenvalue weighted by Crippen LogP contribution is 2.20. The summed E-state index contributed by atoms with van der Waals surface area (Å²) < 4.78 is 0. The lowest BCUT2D eigenvalue weighted by molar-refractivity contribution is 0.181.